The monoisotopic (exact) mass is 287 g/mol. The zero-order valence-corrected chi connectivity index (χ0v) is 11.1. The maximum absolute atomic E-state index is 13.1. The summed E-state index contributed by atoms with van der Waals surface area (Å²) in [4.78, 5) is 11.6. The van der Waals surface area contributed by atoms with Gasteiger partial charge in [-0.2, -0.15) is 0 Å². The molecule has 1 unspecified atom stereocenters. The second kappa shape index (κ2) is 6.73. The average Bonchev–Trinajstić information content (AvgIpc) is 2.41. The Labute approximate surface area is 115 Å². The summed E-state index contributed by atoms with van der Waals surface area (Å²) >= 11 is 5.55. The van der Waals surface area contributed by atoms with Crippen LogP contribution in [0.25, 0.3) is 0 Å². The van der Waals surface area contributed by atoms with E-state index in [4.69, 9.17) is 21.1 Å². The number of carbonyl (C=O) groups is 1. The molecule has 6 heteroatoms. The standard InChI is InChI=1S/C13H15ClFNO3/c14-11-4-3-10(6-12(11)15)19-8-13(17)16-9-2-1-5-18-7-9/h3-4,6,9H,1-2,5,7-8H2,(H,16,17). The molecule has 1 heterocycles. The first-order valence-corrected chi connectivity index (χ1v) is 6.48. The number of halogens is 2. The number of benzene rings is 1. The molecule has 1 N–H and O–H groups in total. The summed E-state index contributed by atoms with van der Waals surface area (Å²) in [6.07, 6.45) is 1.84. The lowest BCUT2D eigenvalue weighted by atomic mass is 10.1. The quantitative estimate of drug-likeness (QED) is 0.923. The Bertz CT molecular complexity index is 450. The lowest BCUT2D eigenvalue weighted by Gasteiger charge is -2.23. The highest BCUT2D eigenvalue weighted by molar-refractivity contribution is 6.30. The van der Waals surface area contributed by atoms with Crippen LogP contribution >= 0.6 is 11.6 Å². The average molecular weight is 288 g/mol. The van der Waals surface area contributed by atoms with Crippen molar-refractivity contribution in [3.8, 4) is 5.75 Å². The van der Waals surface area contributed by atoms with Crippen molar-refractivity contribution in [3.63, 3.8) is 0 Å². The first-order valence-electron chi connectivity index (χ1n) is 6.10. The molecule has 1 saturated heterocycles. The van der Waals surface area contributed by atoms with Crippen LogP contribution in [0.15, 0.2) is 18.2 Å². The highest BCUT2D eigenvalue weighted by Gasteiger charge is 2.16. The van der Waals surface area contributed by atoms with Crippen LogP contribution in [0.5, 0.6) is 5.75 Å². The van der Waals surface area contributed by atoms with E-state index in [0.717, 1.165) is 25.5 Å². The minimum Gasteiger partial charge on any atom is -0.484 e. The fraction of sp³-hybridized carbons (Fsp3) is 0.462. The van der Waals surface area contributed by atoms with E-state index >= 15 is 0 Å². The summed E-state index contributed by atoms with van der Waals surface area (Å²) in [7, 11) is 0. The number of amides is 1. The molecule has 1 atom stereocenters. The second-order valence-electron chi connectivity index (χ2n) is 4.35. The number of hydrogen-bond donors (Lipinski definition) is 1. The van der Waals surface area contributed by atoms with Crippen LogP contribution in [0.2, 0.25) is 5.02 Å². The third-order valence-electron chi connectivity index (χ3n) is 2.79. The van der Waals surface area contributed by atoms with Crippen LogP contribution < -0.4 is 10.1 Å². The van der Waals surface area contributed by atoms with Crippen molar-refractivity contribution in [2.24, 2.45) is 0 Å². The summed E-state index contributed by atoms with van der Waals surface area (Å²) in [5.41, 5.74) is 0. The molecule has 0 bridgehead atoms. The molecule has 0 radical (unpaired) electrons. The number of carbonyl (C=O) groups excluding carboxylic acids is 1. The largest absolute Gasteiger partial charge is 0.484 e. The summed E-state index contributed by atoms with van der Waals surface area (Å²) in [5.74, 6) is -0.539. The van der Waals surface area contributed by atoms with Crippen LogP contribution in [0.3, 0.4) is 0 Å². The van der Waals surface area contributed by atoms with E-state index in [2.05, 4.69) is 5.32 Å². The van der Waals surface area contributed by atoms with Crippen molar-refractivity contribution in [2.75, 3.05) is 19.8 Å². The molecule has 1 fully saturated rings. The molecule has 2 rings (SSSR count). The van der Waals surface area contributed by atoms with Gasteiger partial charge in [-0.1, -0.05) is 11.6 Å². The van der Waals surface area contributed by atoms with Gasteiger partial charge in [0.15, 0.2) is 6.61 Å². The van der Waals surface area contributed by atoms with Crippen LogP contribution in [0, 0.1) is 5.82 Å². The third kappa shape index (κ3) is 4.36. The topological polar surface area (TPSA) is 47.6 Å². The Hall–Kier alpha value is -1.33. The molecule has 1 aliphatic heterocycles. The normalized spacial score (nSPS) is 18.9. The Morgan fingerprint density at radius 1 is 1.58 bits per heavy atom. The Morgan fingerprint density at radius 2 is 2.42 bits per heavy atom. The summed E-state index contributed by atoms with van der Waals surface area (Å²) in [5, 5.41) is 2.83. The van der Waals surface area contributed by atoms with Crippen molar-refractivity contribution in [2.45, 2.75) is 18.9 Å². The van der Waals surface area contributed by atoms with Gasteiger partial charge < -0.3 is 14.8 Å². The zero-order valence-electron chi connectivity index (χ0n) is 10.3. The molecule has 0 spiro atoms. The molecule has 4 nitrogen and oxygen atoms in total. The number of nitrogens with one attached hydrogen (secondary N) is 1. The predicted molar refractivity (Wildman–Crippen MR) is 68.9 cm³/mol. The van der Waals surface area contributed by atoms with E-state index in [1.165, 1.54) is 12.1 Å². The van der Waals surface area contributed by atoms with Gasteiger partial charge in [-0.05, 0) is 25.0 Å². The molecule has 19 heavy (non-hydrogen) atoms. The Kier molecular flexibility index (Phi) is 4.99. The molecular formula is C13H15ClFNO3. The molecular weight excluding hydrogens is 273 g/mol. The lowest BCUT2D eigenvalue weighted by Crippen LogP contribution is -2.42. The van der Waals surface area contributed by atoms with Gasteiger partial charge in [0, 0.05) is 12.7 Å². The fourth-order valence-corrected chi connectivity index (χ4v) is 1.96. The zero-order chi connectivity index (χ0) is 13.7. The van der Waals surface area contributed by atoms with Crippen LogP contribution in [-0.4, -0.2) is 31.8 Å². The van der Waals surface area contributed by atoms with E-state index in [9.17, 15) is 9.18 Å². The number of hydrogen-bond acceptors (Lipinski definition) is 3. The van der Waals surface area contributed by atoms with E-state index in [1.807, 2.05) is 0 Å². The first-order chi connectivity index (χ1) is 9.15. The van der Waals surface area contributed by atoms with Crippen LogP contribution in [-0.2, 0) is 9.53 Å². The Morgan fingerprint density at radius 3 is 3.11 bits per heavy atom. The van der Waals surface area contributed by atoms with Gasteiger partial charge in [0.05, 0.1) is 17.7 Å². The van der Waals surface area contributed by atoms with Crippen molar-refractivity contribution < 1.29 is 18.7 Å². The van der Waals surface area contributed by atoms with E-state index in [-0.39, 0.29) is 29.3 Å². The molecule has 1 aromatic rings. The maximum atomic E-state index is 13.1. The van der Waals surface area contributed by atoms with Crippen molar-refractivity contribution in [1.82, 2.24) is 5.32 Å². The first kappa shape index (κ1) is 14.1. The van der Waals surface area contributed by atoms with Crippen molar-refractivity contribution in [1.29, 1.82) is 0 Å². The smallest absolute Gasteiger partial charge is 0.258 e. The lowest BCUT2D eigenvalue weighted by molar-refractivity contribution is -0.124. The summed E-state index contributed by atoms with van der Waals surface area (Å²) < 4.78 is 23.6. The van der Waals surface area contributed by atoms with Gasteiger partial charge >= 0.3 is 0 Å². The van der Waals surface area contributed by atoms with Gasteiger partial charge in [0.2, 0.25) is 0 Å². The van der Waals surface area contributed by atoms with Crippen LogP contribution in [0.4, 0.5) is 4.39 Å². The summed E-state index contributed by atoms with van der Waals surface area (Å²) in [6.45, 7) is 1.12. The minimum atomic E-state index is -0.569. The molecule has 0 aromatic heterocycles. The van der Waals surface area contributed by atoms with Crippen molar-refractivity contribution in [3.05, 3.63) is 29.0 Å². The van der Waals surface area contributed by atoms with Crippen molar-refractivity contribution >= 4 is 17.5 Å². The van der Waals surface area contributed by atoms with Gasteiger partial charge in [-0.3, -0.25) is 4.79 Å². The van der Waals surface area contributed by atoms with Gasteiger partial charge in [0.1, 0.15) is 11.6 Å². The number of rotatable bonds is 4. The van der Waals surface area contributed by atoms with Gasteiger partial charge in [0.25, 0.3) is 5.91 Å². The maximum Gasteiger partial charge on any atom is 0.258 e. The minimum absolute atomic E-state index is 0.0242. The third-order valence-corrected chi connectivity index (χ3v) is 3.09. The van der Waals surface area contributed by atoms with Crippen LogP contribution in [0.1, 0.15) is 12.8 Å². The van der Waals surface area contributed by atoms with Gasteiger partial charge in [-0.15, -0.1) is 0 Å². The van der Waals surface area contributed by atoms with Gasteiger partial charge in [-0.25, -0.2) is 4.39 Å². The molecule has 104 valence electrons. The molecule has 0 aliphatic carbocycles. The molecule has 1 aliphatic rings. The second-order valence-corrected chi connectivity index (χ2v) is 4.75. The fourth-order valence-electron chi connectivity index (χ4n) is 1.84. The number of ether oxygens (including phenoxy) is 2. The predicted octanol–water partition coefficient (Wildman–Crippen LogP) is 2.15. The summed E-state index contributed by atoms with van der Waals surface area (Å²) in [6, 6.07) is 4.09. The molecule has 0 saturated carbocycles. The molecule has 1 aromatic carbocycles. The van der Waals surface area contributed by atoms with E-state index in [1.54, 1.807) is 0 Å². The SMILES string of the molecule is O=C(COc1ccc(Cl)c(F)c1)NC1CCCOC1. The highest BCUT2D eigenvalue weighted by atomic mass is 35.5. The van der Waals surface area contributed by atoms with E-state index < -0.39 is 5.82 Å². The molecule has 1 amide bonds. The Balaban J connectivity index is 1.77. The highest BCUT2D eigenvalue weighted by Crippen LogP contribution is 2.20. The van der Waals surface area contributed by atoms with E-state index in [0.29, 0.717) is 6.61 Å².